The predicted octanol–water partition coefficient (Wildman–Crippen LogP) is 2.68. The summed E-state index contributed by atoms with van der Waals surface area (Å²) < 4.78 is 5.57. The van der Waals surface area contributed by atoms with Gasteiger partial charge in [-0.2, -0.15) is 0 Å². The normalized spacial score (nSPS) is 23.6. The van der Waals surface area contributed by atoms with Crippen LogP contribution in [0.1, 0.15) is 40.7 Å². The second-order valence-electron chi connectivity index (χ2n) is 6.37. The Kier molecular flexibility index (Phi) is 2.43. The van der Waals surface area contributed by atoms with Crippen molar-refractivity contribution in [2.75, 3.05) is 13.2 Å². The van der Waals surface area contributed by atoms with Crippen molar-refractivity contribution in [3.05, 3.63) is 33.9 Å². The highest BCUT2D eigenvalue weighted by molar-refractivity contribution is 5.52. The first-order valence-electron chi connectivity index (χ1n) is 6.86. The van der Waals surface area contributed by atoms with E-state index >= 15 is 0 Å². The van der Waals surface area contributed by atoms with Crippen LogP contribution in [0.3, 0.4) is 0 Å². The van der Waals surface area contributed by atoms with E-state index in [2.05, 4.69) is 33.8 Å². The average Bonchev–Trinajstić information content (AvgIpc) is 2.98. The summed E-state index contributed by atoms with van der Waals surface area (Å²) in [4.78, 5) is 0. The molecule has 3 rings (SSSR count). The average molecular weight is 245 g/mol. The number of hydrogen-bond acceptors (Lipinski definition) is 2. The summed E-state index contributed by atoms with van der Waals surface area (Å²) in [5.41, 5.74) is 13.7. The Hall–Kier alpha value is -0.860. The molecule has 2 heteroatoms. The summed E-state index contributed by atoms with van der Waals surface area (Å²) in [5.74, 6) is 0. The van der Waals surface area contributed by atoms with E-state index in [-0.39, 0.29) is 11.0 Å². The molecule has 1 saturated heterocycles. The maximum absolute atomic E-state index is 6.58. The van der Waals surface area contributed by atoms with E-state index in [1.165, 1.54) is 27.8 Å². The van der Waals surface area contributed by atoms with Crippen molar-refractivity contribution in [3.8, 4) is 0 Å². The van der Waals surface area contributed by atoms with Crippen molar-refractivity contribution in [3.63, 3.8) is 0 Å². The minimum absolute atomic E-state index is 0.0129. The molecule has 0 amide bonds. The van der Waals surface area contributed by atoms with Crippen molar-refractivity contribution in [1.82, 2.24) is 0 Å². The van der Waals surface area contributed by atoms with E-state index in [9.17, 15) is 0 Å². The van der Waals surface area contributed by atoms with Gasteiger partial charge >= 0.3 is 0 Å². The zero-order valence-corrected chi connectivity index (χ0v) is 11.9. The van der Waals surface area contributed by atoms with Crippen molar-refractivity contribution in [2.45, 2.75) is 51.5 Å². The van der Waals surface area contributed by atoms with Crippen molar-refractivity contribution < 1.29 is 4.74 Å². The van der Waals surface area contributed by atoms with E-state index < -0.39 is 0 Å². The van der Waals surface area contributed by atoms with Gasteiger partial charge in [0.05, 0.1) is 18.6 Å². The third kappa shape index (κ3) is 1.36. The molecule has 1 aliphatic heterocycles. The molecule has 0 spiro atoms. The van der Waals surface area contributed by atoms with Crippen molar-refractivity contribution in [1.29, 1.82) is 0 Å². The van der Waals surface area contributed by atoms with Crippen LogP contribution in [0.15, 0.2) is 6.07 Å². The number of nitrogens with two attached hydrogens (primary N) is 1. The lowest BCUT2D eigenvalue weighted by atomic mass is 9.66. The van der Waals surface area contributed by atoms with Crippen LogP contribution < -0.4 is 5.73 Å². The van der Waals surface area contributed by atoms with Gasteiger partial charge in [-0.25, -0.2) is 0 Å². The lowest BCUT2D eigenvalue weighted by molar-refractivity contribution is -0.0792. The maximum atomic E-state index is 6.58. The standard InChI is InChI=1S/C16H23NO/c1-10-7-11(2)13(4)14(12(10)3)15(8-18-9-15)16(17)5-6-16/h7H,5-6,8-9,17H2,1-4H3. The molecule has 1 aliphatic carbocycles. The number of hydrogen-bond donors (Lipinski definition) is 1. The van der Waals surface area contributed by atoms with E-state index in [1.54, 1.807) is 0 Å². The Morgan fingerprint density at radius 1 is 1.00 bits per heavy atom. The van der Waals surface area contributed by atoms with Crippen molar-refractivity contribution in [2.24, 2.45) is 5.73 Å². The molecule has 2 nitrogen and oxygen atoms in total. The Labute approximate surface area is 110 Å². The Morgan fingerprint density at radius 3 is 1.83 bits per heavy atom. The zero-order chi connectivity index (χ0) is 13.1. The van der Waals surface area contributed by atoms with Gasteiger partial charge in [0.25, 0.3) is 0 Å². The summed E-state index contributed by atoms with van der Waals surface area (Å²) in [5, 5.41) is 0. The highest BCUT2D eigenvalue weighted by Gasteiger charge is 2.62. The Bertz CT molecular complexity index is 484. The van der Waals surface area contributed by atoms with Crippen LogP contribution in [-0.4, -0.2) is 18.8 Å². The van der Waals surface area contributed by atoms with Gasteiger partial charge in [0.2, 0.25) is 0 Å². The second-order valence-corrected chi connectivity index (χ2v) is 6.37. The molecular formula is C16H23NO. The zero-order valence-electron chi connectivity index (χ0n) is 11.9. The first kappa shape index (κ1) is 12.2. The third-order valence-electron chi connectivity index (χ3n) is 5.28. The molecule has 1 aromatic carbocycles. The van der Waals surface area contributed by atoms with Crippen LogP contribution >= 0.6 is 0 Å². The summed E-state index contributed by atoms with van der Waals surface area (Å²) in [6, 6.07) is 2.29. The van der Waals surface area contributed by atoms with Gasteiger partial charge < -0.3 is 10.5 Å². The summed E-state index contributed by atoms with van der Waals surface area (Å²) >= 11 is 0. The van der Waals surface area contributed by atoms with E-state index in [0.717, 1.165) is 26.1 Å². The molecule has 0 atom stereocenters. The minimum atomic E-state index is -0.0129. The molecule has 2 N–H and O–H groups in total. The summed E-state index contributed by atoms with van der Waals surface area (Å²) in [6.07, 6.45) is 2.28. The van der Waals surface area contributed by atoms with Gasteiger partial charge in [-0.15, -0.1) is 0 Å². The van der Waals surface area contributed by atoms with Crippen LogP contribution in [0, 0.1) is 27.7 Å². The molecule has 2 aliphatic rings. The van der Waals surface area contributed by atoms with Gasteiger partial charge in [-0.1, -0.05) is 6.07 Å². The molecule has 2 fully saturated rings. The van der Waals surface area contributed by atoms with E-state index in [1.807, 2.05) is 0 Å². The number of benzene rings is 1. The molecule has 0 radical (unpaired) electrons. The van der Waals surface area contributed by atoms with Crippen molar-refractivity contribution >= 4 is 0 Å². The number of rotatable bonds is 2. The summed E-state index contributed by atoms with van der Waals surface area (Å²) in [7, 11) is 0. The monoisotopic (exact) mass is 245 g/mol. The lowest BCUT2D eigenvalue weighted by Crippen LogP contribution is -2.61. The van der Waals surface area contributed by atoms with E-state index in [4.69, 9.17) is 10.5 Å². The lowest BCUT2D eigenvalue weighted by Gasteiger charge is -2.49. The molecule has 1 aromatic rings. The smallest absolute Gasteiger partial charge is 0.0605 e. The fourth-order valence-electron chi connectivity index (χ4n) is 3.53. The third-order valence-corrected chi connectivity index (χ3v) is 5.28. The molecule has 0 aromatic heterocycles. The van der Waals surface area contributed by atoms with Crippen LogP contribution in [0.4, 0.5) is 0 Å². The molecule has 98 valence electrons. The first-order chi connectivity index (χ1) is 8.41. The van der Waals surface area contributed by atoms with E-state index in [0.29, 0.717) is 0 Å². The van der Waals surface area contributed by atoms with Gasteiger partial charge in [0, 0.05) is 5.54 Å². The fourth-order valence-corrected chi connectivity index (χ4v) is 3.53. The first-order valence-corrected chi connectivity index (χ1v) is 6.86. The quantitative estimate of drug-likeness (QED) is 0.869. The molecule has 1 heterocycles. The highest BCUT2D eigenvalue weighted by Crippen LogP contribution is 2.55. The topological polar surface area (TPSA) is 35.2 Å². The van der Waals surface area contributed by atoms with Crippen LogP contribution in [0.25, 0.3) is 0 Å². The Morgan fingerprint density at radius 2 is 1.50 bits per heavy atom. The molecule has 0 bridgehead atoms. The Balaban J connectivity index is 2.22. The fraction of sp³-hybridized carbons (Fsp3) is 0.625. The number of ether oxygens (including phenoxy) is 1. The minimum Gasteiger partial charge on any atom is -0.379 e. The molecule has 18 heavy (non-hydrogen) atoms. The number of aryl methyl sites for hydroxylation is 2. The molecule has 1 saturated carbocycles. The van der Waals surface area contributed by atoms with Crippen LogP contribution in [0.5, 0.6) is 0 Å². The SMILES string of the molecule is Cc1cc(C)c(C)c(C2(C3(N)CC3)COC2)c1C. The van der Waals surface area contributed by atoms with Crippen LogP contribution in [0.2, 0.25) is 0 Å². The van der Waals surface area contributed by atoms with Gasteiger partial charge in [0.1, 0.15) is 0 Å². The summed E-state index contributed by atoms with van der Waals surface area (Å²) in [6.45, 7) is 10.5. The second kappa shape index (κ2) is 3.58. The molecular weight excluding hydrogens is 222 g/mol. The largest absolute Gasteiger partial charge is 0.379 e. The van der Waals surface area contributed by atoms with Gasteiger partial charge in [-0.05, 0) is 68.4 Å². The van der Waals surface area contributed by atoms with Gasteiger partial charge in [-0.3, -0.25) is 0 Å². The van der Waals surface area contributed by atoms with Crippen LogP contribution in [-0.2, 0) is 10.2 Å². The highest BCUT2D eigenvalue weighted by atomic mass is 16.5. The maximum Gasteiger partial charge on any atom is 0.0605 e. The molecule has 0 unspecified atom stereocenters. The predicted molar refractivity (Wildman–Crippen MR) is 74.0 cm³/mol. The van der Waals surface area contributed by atoms with Gasteiger partial charge in [0.15, 0.2) is 0 Å².